The van der Waals surface area contributed by atoms with E-state index in [2.05, 4.69) is 10.3 Å². The van der Waals surface area contributed by atoms with Crippen LogP contribution in [0, 0.1) is 0 Å². The average Bonchev–Trinajstić information content (AvgIpc) is 2.57. The lowest BCUT2D eigenvalue weighted by Gasteiger charge is -2.19. The van der Waals surface area contributed by atoms with Gasteiger partial charge in [0.2, 0.25) is 11.8 Å². The highest BCUT2D eigenvalue weighted by Crippen LogP contribution is 2.31. The van der Waals surface area contributed by atoms with E-state index in [0.717, 1.165) is 24.7 Å². The number of nitrogens with zero attached hydrogens (tertiary/aromatic N) is 2. The molecule has 0 spiro atoms. The van der Waals surface area contributed by atoms with Gasteiger partial charge in [-0.15, -0.1) is 0 Å². The molecule has 2 heterocycles. The van der Waals surface area contributed by atoms with Crippen molar-refractivity contribution in [1.82, 2.24) is 10.2 Å². The molecule has 0 saturated carbocycles. The number of thioether (sulfide) groups is 1. The molecule has 1 fully saturated rings. The Morgan fingerprint density at radius 2 is 2.53 bits per heavy atom. The molecule has 82 valence electrons. The number of hydrogen-bond acceptors (Lipinski definition) is 4. The Bertz CT molecular complexity index is 329. The third-order valence-corrected chi connectivity index (χ3v) is 3.67. The van der Waals surface area contributed by atoms with E-state index in [0.29, 0.717) is 0 Å². The topological polar surface area (TPSA) is 61.8 Å². The quantitative estimate of drug-likeness (QED) is 0.712. The number of amides is 2. The molecule has 0 bridgehead atoms. The number of amidine groups is 1. The van der Waals surface area contributed by atoms with Crippen LogP contribution in [0.5, 0.6) is 0 Å². The predicted molar refractivity (Wildman–Crippen MR) is 58.7 cm³/mol. The van der Waals surface area contributed by atoms with Crippen LogP contribution in [-0.4, -0.2) is 47.3 Å². The Labute approximate surface area is 92.3 Å². The third kappa shape index (κ3) is 1.99. The minimum atomic E-state index is -0.276. The van der Waals surface area contributed by atoms with Gasteiger partial charge in [-0.05, 0) is 6.42 Å². The molecule has 0 aromatic heterocycles. The number of hydrogen-bond donors (Lipinski definition) is 1. The molecule has 2 rings (SSSR count). The maximum atomic E-state index is 11.8. The maximum absolute atomic E-state index is 11.8. The third-order valence-electron chi connectivity index (χ3n) is 2.46. The van der Waals surface area contributed by atoms with E-state index < -0.39 is 0 Å². The molecule has 2 aliphatic heterocycles. The summed E-state index contributed by atoms with van der Waals surface area (Å²) >= 11 is 1.41. The summed E-state index contributed by atoms with van der Waals surface area (Å²) in [7, 11) is 1.58. The van der Waals surface area contributed by atoms with Crippen LogP contribution in [0.15, 0.2) is 4.99 Å². The van der Waals surface area contributed by atoms with E-state index in [4.69, 9.17) is 0 Å². The van der Waals surface area contributed by atoms with Crippen LogP contribution in [0.4, 0.5) is 0 Å². The molecule has 0 aromatic rings. The highest BCUT2D eigenvalue weighted by molar-refractivity contribution is 8.15. The summed E-state index contributed by atoms with van der Waals surface area (Å²) < 4.78 is 0. The maximum Gasteiger partial charge on any atom is 0.242 e. The number of fused-ring (bicyclic) bond motifs is 1. The summed E-state index contributed by atoms with van der Waals surface area (Å²) in [4.78, 5) is 29.0. The van der Waals surface area contributed by atoms with E-state index in [-0.39, 0.29) is 23.5 Å². The smallest absolute Gasteiger partial charge is 0.242 e. The van der Waals surface area contributed by atoms with Gasteiger partial charge < -0.3 is 5.32 Å². The fourth-order valence-corrected chi connectivity index (χ4v) is 2.83. The molecule has 0 aliphatic carbocycles. The minimum absolute atomic E-state index is 0.0297. The number of nitrogens with one attached hydrogen (secondary N) is 1. The number of carbonyl (C=O) groups excluding carboxylic acids is 2. The van der Waals surface area contributed by atoms with Crippen LogP contribution >= 0.6 is 11.8 Å². The molecule has 1 saturated heterocycles. The van der Waals surface area contributed by atoms with Gasteiger partial charge in [-0.2, -0.15) is 0 Å². The first-order valence-corrected chi connectivity index (χ1v) is 5.83. The van der Waals surface area contributed by atoms with Crippen molar-refractivity contribution in [2.24, 2.45) is 4.99 Å². The zero-order valence-electron chi connectivity index (χ0n) is 8.52. The molecular formula is C9H13N3O2S. The van der Waals surface area contributed by atoms with E-state index >= 15 is 0 Å². The molecule has 2 aliphatic rings. The second-order valence-electron chi connectivity index (χ2n) is 3.49. The standard InChI is InChI=1S/C9H13N3O2S/c1-10-7(13)5-6-8(14)12-4-2-3-11-9(12)15-6/h6H,2-5H2,1H3,(H,10,13). The molecule has 2 amide bonds. The van der Waals surface area contributed by atoms with Gasteiger partial charge in [0, 0.05) is 26.6 Å². The summed E-state index contributed by atoms with van der Waals surface area (Å²) in [6.07, 6.45) is 1.16. The first kappa shape index (κ1) is 10.5. The van der Waals surface area contributed by atoms with Crippen molar-refractivity contribution in [1.29, 1.82) is 0 Å². The lowest BCUT2D eigenvalue weighted by molar-refractivity contribution is -0.129. The summed E-state index contributed by atoms with van der Waals surface area (Å²) in [5, 5.41) is 3.05. The highest BCUT2D eigenvalue weighted by Gasteiger charge is 2.39. The summed E-state index contributed by atoms with van der Waals surface area (Å²) in [6, 6.07) is 0. The second kappa shape index (κ2) is 4.22. The van der Waals surface area contributed by atoms with E-state index in [9.17, 15) is 9.59 Å². The van der Waals surface area contributed by atoms with Crippen molar-refractivity contribution < 1.29 is 9.59 Å². The molecule has 1 atom stereocenters. The summed E-state index contributed by atoms with van der Waals surface area (Å²) in [5.74, 6) is -0.0663. The molecule has 0 aromatic carbocycles. The second-order valence-corrected chi connectivity index (χ2v) is 4.66. The Morgan fingerprint density at radius 1 is 1.73 bits per heavy atom. The minimum Gasteiger partial charge on any atom is -0.359 e. The van der Waals surface area contributed by atoms with Crippen LogP contribution in [0.1, 0.15) is 12.8 Å². The van der Waals surface area contributed by atoms with E-state index in [1.54, 1.807) is 11.9 Å². The Morgan fingerprint density at radius 3 is 3.20 bits per heavy atom. The molecule has 5 nitrogen and oxygen atoms in total. The van der Waals surface area contributed by atoms with Crippen molar-refractivity contribution in [3.8, 4) is 0 Å². The fourth-order valence-electron chi connectivity index (χ4n) is 1.64. The molecule has 1 N–H and O–H groups in total. The van der Waals surface area contributed by atoms with Crippen LogP contribution < -0.4 is 5.32 Å². The molecule has 15 heavy (non-hydrogen) atoms. The molecular weight excluding hydrogens is 214 g/mol. The number of carbonyl (C=O) groups is 2. The first-order valence-electron chi connectivity index (χ1n) is 4.95. The van der Waals surface area contributed by atoms with Crippen molar-refractivity contribution >= 4 is 28.7 Å². The summed E-state index contributed by atoms with van der Waals surface area (Å²) in [6.45, 7) is 1.54. The normalized spacial score (nSPS) is 24.9. The monoisotopic (exact) mass is 227 g/mol. The largest absolute Gasteiger partial charge is 0.359 e. The van der Waals surface area contributed by atoms with Gasteiger partial charge in [0.05, 0.1) is 0 Å². The Balaban J connectivity index is 2.05. The van der Waals surface area contributed by atoms with Crippen LogP contribution in [0.2, 0.25) is 0 Å². The van der Waals surface area contributed by atoms with Crippen LogP contribution in [0.3, 0.4) is 0 Å². The van der Waals surface area contributed by atoms with Gasteiger partial charge in [-0.25, -0.2) is 0 Å². The molecule has 6 heteroatoms. The van der Waals surface area contributed by atoms with Gasteiger partial charge in [0.25, 0.3) is 0 Å². The SMILES string of the molecule is CNC(=O)CC1SC2=NCCCN2C1=O. The lowest BCUT2D eigenvalue weighted by Crippen LogP contribution is -2.36. The van der Waals surface area contributed by atoms with Gasteiger partial charge in [-0.1, -0.05) is 11.8 Å². The average molecular weight is 227 g/mol. The van der Waals surface area contributed by atoms with Crippen molar-refractivity contribution in [2.75, 3.05) is 20.1 Å². The van der Waals surface area contributed by atoms with E-state index in [1.807, 2.05) is 0 Å². The number of rotatable bonds is 2. The molecule has 1 unspecified atom stereocenters. The van der Waals surface area contributed by atoms with Gasteiger partial charge >= 0.3 is 0 Å². The van der Waals surface area contributed by atoms with Crippen LogP contribution in [-0.2, 0) is 9.59 Å². The van der Waals surface area contributed by atoms with Crippen molar-refractivity contribution in [3.63, 3.8) is 0 Å². The van der Waals surface area contributed by atoms with Crippen molar-refractivity contribution in [2.45, 2.75) is 18.1 Å². The fraction of sp³-hybridized carbons (Fsp3) is 0.667. The number of aliphatic imine (C=N–C) groups is 1. The lowest BCUT2D eigenvalue weighted by atomic mass is 10.2. The van der Waals surface area contributed by atoms with E-state index in [1.165, 1.54) is 11.8 Å². The Hall–Kier alpha value is -1.04. The van der Waals surface area contributed by atoms with Crippen molar-refractivity contribution in [3.05, 3.63) is 0 Å². The van der Waals surface area contributed by atoms with Crippen LogP contribution in [0.25, 0.3) is 0 Å². The summed E-state index contributed by atoms with van der Waals surface area (Å²) in [5.41, 5.74) is 0. The zero-order valence-corrected chi connectivity index (χ0v) is 9.34. The van der Waals surface area contributed by atoms with Gasteiger partial charge in [-0.3, -0.25) is 19.5 Å². The zero-order chi connectivity index (χ0) is 10.8. The molecule has 0 radical (unpaired) electrons. The predicted octanol–water partition coefficient (Wildman–Crippen LogP) is -0.174. The first-order chi connectivity index (χ1) is 7.22. The van der Waals surface area contributed by atoms with Gasteiger partial charge in [0.1, 0.15) is 5.25 Å². The Kier molecular flexibility index (Phi) is 2.95. The van der Waals surface area contributed by atoms with Gasteiger partial charge in [0.15, 0.2) is 5.17 Å². The highest BCUT2D eigenvalue weighted by atomic mass is 32.2.